The zero-order valence-corrected chi connectivity index (χ0v) is 20.6. The molecule has 0 saturated carbocycles. The van der Waals surface area contributed by atoms with Crippen molar-refractivity contribution in [2.75, 3.05) is 28.3 Å². The fraction of sp³-hybridized carbons (Fsp3) is 0.864. The highest BCUT2D eigenvalue weighted by molar-refractivity contribution is 5.90. The topological polar surface area (TPSA) is 105 Å². The third-order valence-corrected chi connectivity index (χ3v) is 5.79. The molecule has 0 aliphatic rings. The maximum atomic E-state index is 13.5. The van der Waals surface area contributed by atoms with E-state index in [1.54, 1.807) is 11.9 Å². The molecule has 0 fully saturated rings. The molecular weight excluding hydrogens is 384 g/mol. The number of rotatable bonds is 13. The molecule has 0 aromatic heterocycles. The summed E-state index contributed by atoms with van der Waals surface area (Å²) in [5, 5.41) is 2.97. The molecular formula is C22H44N4O4. The van der Waals surface area contributed by atoms with E-state index in [2.05, 4.69) is 5.32 Å². The highest BCUT2D eigenvalue weighted by Gasteiger charge is 2.38. The minimum atomic E-state index is -0.679. The Morgan fingerprint density at radius 3 is 1.87 bits per heavy atom. The lowest BCUT2D eigenvalue weighted by atomic mass is 9.90. The predicted octanol–water partition coefficient (Wildman–Crippen LogP) is 1.48. The van der Waals surface area contributed by atoms with Crippen molar-refractivity contribution < 1.29 is 19.1 Å². The van der Waals surface area contributed by atoms with Crippen LogP contribution in [0.2, 0.25) is 0 Å². The summed E-state index contributed by atoms with van der Waals surface area (Å²) in [5.41, 5.74) is 5.40. The Labute approximate surface area is 182 Å². The molecule has 0 spiro atoms. The number of carbonyl (C=O) groups is 3. The highest BCUT2D eigenvalue weighted by Crippen LogP contribution is 2.23. The Balaban J connectivity index is 5.80. The number of primary amides is 1. The summed E-state index contributed by atoms with van der Waals surface area (Å²) < 4.78 is 5.55. The van der Waals surface area contributed by atoms with Crippen LogP contribution in [0.1, 0.15) is 54.4 Å². The maximum absolute atomic E-state index is 13.5. The third kappa shape index (κ3) is 7.87. The fourth-order valence-corrected chi connectivity index (χ4v) is 4.03. The average molecular weight is 429 g/mol. The number of hydrogen-bond donors (Lipinski definition) is 2. The quantitative estimate of drug-likeness (QED) is 0.462. The van der Waals surface area contributed by atoms with Crippen LogP contribution in [0.15, 0.2) is 0 Å². The SMILES string of the molecule is CCC(C)C(C(CC(N)=O)OC)N(C)C(=O)C(NC(=O)C(C(C)C)N(C)C)C(C)C. The van der Waals surface area contributed by atoms with E-state index in [0.717, 1.165) is 6.42 Å². The average Bonchev–Trinajstić information content (AvgIpc) is 2.63. The molecule has 176 valence electrons. The van der Waals surface area contributed by atoms with Crippen molar-refractivity contribution in [2.24, 2.45) is 23.5 Å². The van der Waals surface area contributed by atoms with E-state index in [1.807, 2.05) is 60.5 Å². The molecule has 0 aromatic rings. The third-order valence-electron chi connectivity index (χ3n) is 5.79. The Kier molecular flexibility index (Phi) is 12.2. The molecule has 0 heterocycles. The van der Waals surface area contributed by atoms with Crippen LogP contribution in [-0.4, -0.2) is 80.0 Å². The van der Waals surface area contributed by atoms with Crippen molar-refractivity contribution in [3.63, 3.8) is 0 Å². The van der Waals surface area contributed by atoms with Gasteiger partial charge in [0, 0.05) is 14.2 Å². The van der Waals surface area contributed by atoms with Gasteiger partial charge in [0.2, 0.25) is 17.7 Å². The number of amides is 3. The molecule has 0 radical (unpaired) electrons. The number of nitrogens with two attached hydrogens (primary N) is 1. The molecule has 5 unspecified atom stereocenters. The lowest BCUT2D eigenvalue weighted by Gasteiger charge is -2.40. The zero-order chi connectivity index (χ0) is 23.8. The van der Waals surface area contributed by atoms with Crippen LogP contribution in [0.4, 0.5) is 0 Å². The molecule has 5 atom stereocenters. The predicted molar refractivity (Wildman–Crippen MR) is 120 cm³/mol. The van der Waals surface area contributed by atoms with E-state index in [0.29, 0.717) is 0 Å². The molecule has 0 aromatic carbocycles. The normalized spacial score (nSPS) is 16.8. The van der Waals surface area contributed by atoms with Gasteiger partial charge in [-0.05, 0) is 31.8 Å². The molecule has 0 aliphatic heterocycles. The van der Waals surface area contributed by atoms with Gasteiger partial charge in [0.15, 0.2) is 0 Å². The van der Waals surface area contributed by atoms with E-state index in [-0.39, 0.29) is 48.1 Å². The second-order valence-electron chi connectivity index (χ2n) is 9.15. The monoisotopic (exact) mass is 428 g/mol. The minimum Gasteiger partial charge on any atom is -0.379 e. The van der Waals surface area contributed by atoms with Crippen LogP contribution in [-0.2, 0) is 19.1 Å². The first-order chi connectivity index (χ1) is 13.8. The largest absolute Gasteiger partial charge is 0.379 e. The number of hydrogen-bond acceptors (Lipinski definition) is 5. The standard InChI is InChI=1S/C22H44N4O4/c1-11-15(6)20(16(30-10)12-17(23)27)26(9)22(29)18(13(2)3)24-21(28)19(14(4)5)25(7)8/h13-16,18-20H,11-12H2,1-10H3,(H2,23,27)(H,24,28). The van der Waals surface area contributed by atoms with Crippen molar-refractivity contribution in [2.45, 2.75) is 78.6 Å². The number of carbonyl (C=O) groups excluding carboxylic acids is 3. The van der Waals surface area contributed by atoms with Gasteiger partial charge in [-0.15, -0.1) is 0 Å². The Bertz CT molecular complexity index is 557. The Morgan fingerprint density at radius 1 is 1.00 bits per heavy atom. The second kappa shape index (κ2) is 12.9. The van der Waals surface area contributed by atoms with Crippen molar-refractivity contribution in [3.8, 4) is 0 Å². The molecule has 8 nitrogen and oxygen atoms in total. The summed E-state index contributed by atoms with van der Waals surface area (Å²) in [7, 11) is 6.94. The van der Waals surface area contributed by atoms with E-state index >= 15 is 0 Å². The van der Waals surface area contributed by atoms with E-state index < -0.39 is 18.1 Å². The zero-order valence-electron chi connectivity index (χ0n) is 20.6. The first-order valence-electron chi connectivity index (χ1n) is 10.8. The fourth-order valence-electron chi connectivity index (χ4n) is 4.03. The van der Waals surface area contributed by atoms with Crippen LogP contribution in [0.5, 0.6) is 0 Å². The Hall–Kier alpha value is -1.67. The smallest absolute Gasteiger partial charge is 0.245 e. The van der Waals surface area contributed by atoms with Crippen molar-refractivity contribution in [1.29, 1.82) is 0 Å². The van der Waals surface area contributed by atoms with Crippen molar-refractivity contribution in [1.82, 2.24) is 15.1 Å². The van der Waals surface area contributed by atoms with Gasteiger partial charge in [-0.3, -0.25) is 19.3 Å². The van der Waals surface area contributed by atoms with E-state index in [1.165, 1.54) is 7.11 Å². The summed E-state index contributed by atoms with van der Waals surface area (Å²) in [4.78, 5) is 41.5. The lowest BCUT2D eigenvalue weighted by molar-refractivity contribution is -0.144. The van der Waals surface area contributed by atoms with Gasteiger partial charge >= 0.3 is 0 Å². The molecule has 0 aliphatic carbocycles. The molecule has 0 bridgehead atoms. The van der Waals surface area contributed by atoms with Gasteiger partial charge < -0.3 is 20.7 Å². The van der Waals surface area contributed by atoms with Gasteiger partial charge in [-0.2, -0.15) is 0 Å². The molecule has 8 heteroatoms. The summed E-state index contributed by atoms with van der Waals surface area (Å²) >= 11 is 0. The number of nitrogens with zero attached hydrogens (tertiary/aromatic N) is 2. The van der Waals surface area contributed by atoms with Crippen molar-refractivity contribution >= 4 is 17.7 Å². The van der Waals surface area contributed by atoms with Crippen LogP contribution >= 0.6 is 0 Å². The number of methoxy groups -OCH3 is 1. The van der Waals surface area contributed by atoms with Crippen LogP contribution in [0.3, 0.4) is 0 Å². The molecule has 3 N–H and O–H groups in total. The van der Waals surface area contributed by atoms with Crippen LogP contribution < -0.4 is 11.1 Å². The minimum absolute atomic E-state index is 0.0257. The lowest BCUT2D eigenvalue weighted by Crippen LogP contribution is -2.59. The summed E-state index contributed by atoms with van der Waals surface area (Å²) in [6.45, 7) is 11.8. The van der Waals surface area contributed by atoms with Gasteiger partial charge in [-0.1, -0.05) is 48.0 Å². The first-order valence-corrected chi connectivity index (χ1v) is 10.8. The Morgan fingerprint density at radius 2 is 1.53 bits per heavy atom. The first kappa shape index (κ1) is 28.3. The summed E-state index contributed by atoms with van der Waals surface area (Å²) in [6.07, 6.45) is 0.313. The van der Waals surface area contributed by atoms with Crippen LogP contribution in [0, 0.1) is 17.8 Å². The maximum Gasteiger partial charge on any atom is 0.245 e. The summed E-state index contributed by atoms with van der Waals surface area (Å²) in [5.74, 6) is -0.768. The second-order valence-corrected chi connectivity index (χ2v) is 9.15. The number of nitrogens with one attached hydrogen (secondary N) is 1. The number of likely N-dealkylation sites (N-methyl/N-ethyl adjacent to an activating group) is 2. The number of ether oxygens (including phenoxy) is 1. The molecule has 3 amide bonds. The molecule has 0 rings (SSSR count). The van der Waals surface area contributed by atoms with E-state index in [9.17, 15) is 14.4 Å². The molecule has 30 heavy (non-hydrogen) atoms. The molecule has 0 saturated heterocycles. The van der Waals surface area contributed by atoms with Crippen molar-refractivity contribution in [3.05, 3.63) is 0 Å². The highest BCUT2D eigenvalue weighted by atomic mass is 16.5. The van der Waals surface area contributed by atoms with Crippen LogP contribution in [0.25, 0.3) is 0 Å². The van der Waals surface area contributed by atoms with E-state index in [4.69, 9.17) is 10.5 Å². The van der Waals surface area contributed by atoms with Gasteiger partial charge in [-0.25, -0.2) is 0 Å². The summed E-state index contributed by atoms with van der Waals surface area (Å²) in [6, 6.07) is -1.36. The van der Waals surface area contributed by atoms with Gasteiger partial charge in [0.1, 0.15) is 6.04 Å². The van der Waals surface area contributed by atoms with Gasteiger partial charge in [0.05, 0.1) is 24.6 Å². The van der Waals surface area contributed by atoms with Gasteiger partial charge in [0.25, 0.3) is 0 Å².